The molecule has 4 aromatic heterocycles. The molecule has 0 unspecified atom stereocenters. The number of nitrogens with zero attached hydrogens (tertiary/aromatic N) is 4. The van der Waals surface area contributed by atoms with E-state index in [0.717, 1.165) is 115 Å². The maximum atomic E-state index is 6.44. The zero-order valence-electron chi connectivity index (χ0n) is 33.8. The van der Waals surface area contributed by atoms with Gasteiger partial charge in [-0.1, -0.05) is 72.8 Å². The van der Waals surface area contributed by atoms with Gasteiger partial charge in [0.25, 0.3) is 0 Å². The van der Waals surface area contributed by atoms with Crippen molar-refractivity contribution in [1.29, 1.82) is 0 Å². The Hall–Kier alpha value is -7.70. The van der Waals surface area contributed by atoms with E-state index in [9.17, 15) is 0 Å². The largest absolute Gasteiger partial charge is 0.456 e. The predicted octanol–water partition coefficient (Wildman–Crippen LogP) is 15.9. The maximum absolute atomic E-state index is 6.44. The summed E-state index contributed by atoms with van der Waals surface area (Å²) in [6, 6.07) is 60.5. The SMILES string of the molecule is c1ccc(N(c2ccc3c(c2)oc2ccccc23)c2cc3nc(C4CC4)c4cc(N(c5ccccc5)c5ccc6c(c5)oc5ccccc56)cc5nc(C6CC6)c(c2)c3c54)cc1. The van der Waals surface area contributed by atoms with Gasteiger partial charge >= 0.3 is 0 Å². The fourth-order valence-corrected chi connectivity index (χ4v) is 10.1. The molecule has 4 heterocycles. The van der Waals surface area contributed by atoms with Gasteiger partial charge in [0, 0.05) is 101 Å². The number of anilines is 6. The van der Waals surface area contributed by atoms with Crippen LogP contribution >= 0.6 is 0 Å². The molecule has 6 nitrogen and oxygen atoms in total. The molecule has 2 saturated carbocycles. The molecule has 0 spiro atoms. The van der Waals surface area contributed by atoms with E-state index in [-0.39, 0.29) is 0 Å². The highest BCUT2D eigenvalue weighted by atomic mass is 16.3. The van der Waals surface area contributed by atoms with Gasteiger partial charge in [0.05, 0.1) is 22.4 Å². The van der Waals surface area contributed by atoms with Gasteiger partial charge in [-0.2, -0.15) is 0 Å². The van der Waals surface area contributed by atoms with Crippen LogP contribution in [0.4, 0.5) is 34.1 Å². The molecular weight excluding hydrogens is 761 g/mol. The minimum atomic E-state index is 0.404. The topological polar surface area (TPSA) is 58.5 Å². The Bertz CT molecular complexity index is 3490. The molecular formula is C56H38N4O2. The number of aromatic nitrogens is 2. The number of fused-ring (bicyclic) bond motifs is 6. The van der Waals surface area contributed by atoms with E-state index in [0.29, 0.717) is 11.8 Å². The number of para-hydroxylation sites is 4. The van der Waals surface area contributed by atoms with Crippen LogP contribution in [0.1, 0.15) is 48.9 Å². The first-order valence-corrected chi connectivity index (χ1v) is 21.8. The Labute approximate surface area is 356 Å². The fraction of sp³-hybridized carbons (Fsp3) is 0.107. The summed E-state index contributed by atoms with van der Waals surface area (Å²) in [5.41, 5.74) is 14.3. The number of rotatable bonds is 8. The summed E-state index contributed by atoms with van der Waals surface area (Å²) < 4.78 is 12.9. The van der Waals surface area contributed by atoms with Gasteiger partial charge in [0.1, 0.15) is 22.3 Å². The van der Waals surface area contributed by atoms with Gasteiger partial charge in [-0.25, -0.2) is 0 Å². The summed E-state index contributed by atoms with van der Waals surface area (Å²) in [5.74, 6) is 0.808. The molecule has 2 fully saturated rings. The average molecular weight is 799 g/mol. The number of benzene rings is 8. The van der Waals surface area contributed by atoms with Crippen LogP contribution in [-0.2, 0) is 0 Å². The molecule has 0 bridgehead atoms. The molecule has 0 saturated heterocycles. The lowest BCUT2D eigenvalue weighted by Gasteiger charge is -2.28. The van der Waals surface area contributed by atoms with E-state index < -0.39 is 0 Å². The monoisotopic (exact) mass is 798 g/mol. The van der Waals surface area contributed by atoms with E-state index in [1.54, 1.807) is 0 Å². The second-order valence-electron chi connectivity index (χ2n) is 17.2. The second-order valence-corrected chi connectivity index (χ2v) is 17.2. The van der Waals surface area contributed by atoms with Crippen molar-refractivity contribution >= 4 is 111 Å². The van der Waals surface area contributed by atoms with Gasteiger partial charge in [-0.05, 0) is 111 Å². The van der Waals surface area contributed by atoms with Gasteiger partial charge < -0.3 is 18.6 Å². The smallest absolute Gasteiger partial charge is 0.137 e. The number of hydrogen-bond donors (Lipinski definition) is 0. The molecule has 0 amide bonds. The van der Waals surface area contributed by atoms with Crippen molar-refractivity contribution in [2.75, 3.05) is 9.80 Å². The minimum absolute atomic E-state index is 0.404. The van der Waals surface area contributed by atoms with E-state index in [1.165, 1.54) is 32.9 Å². The molecule has 0 atom stereocenters. The van der Waals surface area contributed by atoms with Gasteiger partial charge in [-0.3, -0.25) is 9.97 Å². The summed E-state index contributed by atoms with van der Waals surface area (Å²) in [6.45, 7) is 0. The molecule has 6 heteroatoms. The lowest BCUT2D eigenvalue weighted by atomic mass is 9.93. The molecule has 294 valence electrons. The Morgan fingerprint density at radius 1 is 0.339 bits per heavy atom. The molecule has 14 rings (SSSR count). The van der Waals surface area contributed by atoms with Crippen molar-refractivity contribution in [2.24, 2.45) is 0 Å². The van der Waals surface area contributed by atoms with Gasteiger partial charge in [0.2, 0.25) is 0 Å². The molecule has 12 aromatic rings. The van der Waals surface area contributed by atoms with E-state index in [1.807, 2.05) is 24.3 Å². The zero-order valence-corrected chi connectivity index (χ0v) is 33.8. The van der Waals surface area contributed by atoms with E-state index >= 15 is 0 Å². The van der Waals surface area contributed by atoms with Crippen LogP contribution in [0.3, 0.4) is 0 Å². The quantitative estimate of drug-likeness (QED) is 0.143. The van der Waals surface area contributed by atoms with Crippen molar-refractivity contribution in [1.82, 2.24) is 9.97 Å². The second kappa shape index (κ2) is 12.9. The lowest BCUT2D eigenvalue weighted by molar-refractivity contribution is 0.668. The molecule has 0 aliphatic heterocycles. The summed E-state index contributed by atoms with van der Waals surface area (Å²) in [6.07, 6.45) is 4.54. The highest BCUT2D eigenvalue weighted by molar-refractivity contribution is 6.24. The first kappa shape index (κ1) is 34.1. The average Bonchev–Trinajstić information content (AvgIpc) is 4.26. The van der Waals surface area contributed by atoms with E-state index in [4.69, 9.17) is 18.8 Å². The summed E-state index contributed by atoms with van der Waals surface area (Å²) in [5, 5.41) is 9.30. The normalized spacial score (nSPS) is 14.4. The highest BCUT2D eigenvalue weighted by Crippen LogP contribution is 2.52. The Morgan fingerprint density at radius 3 is 1.18 bits per heavy atom. The van der Waals surface area contributed by atoms with Crippen LogP contribution in [0.2, 0.25) is 0 Å². The predicted molar refractivity (Wildman–Crippen MR) is 254 cm³/mol. The zero-order chi connectivity index (χ0) is 40.5. The summed E-state index contributed by atoms with van der Waals surface area (Å²) in [4.78, 5) is 16.1. The third-order valence-corrected chi connectivity index (χ3v) is 13.2. The van der Waals surface area contributed by atoms with Crippen LogP contribution < -0.4 is 9.80 Å². The lowest BCUT2D eigenvalue weighted by Crippen LogP contribution is -2.12. The van der Waals surface area contributed by atoms with Crippen molar-refractivity contribution in [2.45, 2.75) is 37.5 Å². The van der Waals surface area contributed by atoms with E-state index in [2.05, 4.69) is 155 Å². The van der Waals surface area contributed by atoms with Crippen molar-refractivity contribution < 1.29 is 8.83 Å². The number of furan rings is 2. The first-order valence-electron chi connectivity index (χ1n) is 21.8. The van der Waals surface area contributed by atoms with Gasteiger partial charge in [-0.15, -0.1) is 0 Å². The van der Waals surface area contributed by atoms with Crippen LogP contribution in [0.25, 0.3) is 76.5 Å². The fourth-order valence-electron chi connectivity index (χ4n) is 10.1. The highest BCUT2D eigenvalue weighted by Gasteiger charge is 2.33. The number of hydrogen-bond acceptors (Lipinski definition) is 6. The standard InChI is InChI=1S/C56H38N4O2/c1-3-11-35(12-4-1)59(37-23-25-43-41-15-7-9-17-49(41)61-51(43)31-37)39-27-45-53-47(29-39)57-56(34-21-22-34)46-28-40(30-48(54(46)53)58-55(45)33-19-20-33)60(36-13-5-2-6-14-36)38-24-26-44-42-16-8-10-18-50(42)62-52(44)32-38/h1-18,23-34H,19-22H2. The summed E-state index contributed by atoms with van der Waals surface area (Å²) >= 11 is 0. The first-order chi connectivity index (χ1) is 30.7. The Balaban J connectivity index is 1.00. The minimum Gasteiger partial charge on any atom is -0.456 e. The molecule has 62 heavy (non-hydrogen) atoms. The molecule has 0 radical (unpaired) electrons. The van der Waals surface area contributed by atoms with Crippen molar-refractivity contribution in [3.8, 4) is 0 Å². The van der Waals surface area contributed by atoms with Crippen LogP contribution in [0.5, 0.6) is 0 Å². The Morgan fingerprint density at radius 2 is 0.742 bits per heavy atom. The van der Waals surface area contributed by atoms with Crippen molar-refractivity contribution in [3.05, 3.63) is 181 Å². The third kappa shape index (κ3) is 5.23. The van der Waals surface area contributed by atoms with Crippen molar-refractivity contribution in [3.63, 3.8) is 0 Å². The third-order valence-electron chi connectivity index (χ3n) is 13.2. The van der Waals surface area contributed by atoms with Crippen LogP contribution in [0, 0.1) is 0 Å². The number of pyridine rings is 2. The van der Waals surface area contributed by atoms with Crippen LogP contribution in [-0.4, -0.2) is 9.97 Å². The molecule has 2 aliphatic rings. The van der Waals surface area contributed by atoms with Crippen LogP contribution in [0.15, 0.2) is 179 Å². The Kier molecular flexibility index (Phi) is 7.09. The molecule has 0 N–H and O–H groups in total. The van der Waals surface area contributed by atoms with Gasteiger partial charge in [0.15, 0.2) is 0 Å². The molecule has 8 aromatic carbocycles. The summed E-state index contributed by atoms with van der Waals surface area (Å²) in [7, 11) is 0. The maximum Gasteiger partial charge on any atom is 0.137 e. The molecule has 2 aliphatic carbocycles.